The molecule has 0 saturated heterocycles. The first-order chi connectivity index (χ1) is 14.0. The molecule has 0 unspecified atom stereocenters. The summed E-state index contributed by atoms with van der Waals surface area (Å²) < 4.78 is 6.42. The summed E-state index contributed by atoms with van der Waals surface area (Å²) in [7, 11) is 1.55. The van der Waals surface area contributed by atoms with Crippen molar-refractivity contribution in [2.45, 2.75) is 6.54 Å². The molecule has 7 nitrogen and oxygen atoms in total. The van der Waals surface area contributed by atoms with Gasteiger partial charge in [0.1, 0.15) is 12.3 Å². The molecule has 1 amide bonds. The van der Waals surface area contributed by atoms with Gasteiger partial charge in [0.05, 0.1) is 35.1 Å². The zero-order valence-electron chi connectivity index (χ0n) is 15.3. The Morgan fingerprint density at radius 2 is 2.10 bits per heavy atom. The van der Waals surface area contributed by atoms with Crippen LogP contribution in [0.2, 0.25) is 5.02 Å². The smallest absolute Gasteiger partial charge is 0.261 e. The molecule has 1 N–H and O–H groups in total. The molecule has 0 atom stereocenters. The Labute approximate surface area is 174 Å². The van der Waals surface area contributed by atoms with E-state index in [9.17, 15) is 9.59 Å². The Bertz CT molecular complexity index is 1270. The van der Waals surface area contributed by atoms with E-state index < -0.39 is 0 Å². The number of para-hydroxylation sites is 1. The highest BCUT2D eigenvalue weighted by Gasteiger charge is 2.12. The third kappa shape index (κ3) is 3.98. The van der Waals surface area contributed by atoms with E-state index in [-0.39, 0.29) is 18.0 Å². The minimum Gasteiger partial charge on any atom is -0.495 e. The zero-order valence-corrected chi connectivity index (χ0v) is 16.8. The Kier molecular flexibility index (Phi) is 5.28. The minimum absolute atomic E-state index is 0.153. The number of aromatic nitrogens is 3. The summed E-state index contributed by atoms with van der Waals surface area (Å²) in [5, 5.41) is 5.91. The second kappa shape index (κ2) is 8.02. The number of hydrogen-bond acceptors (Lipinski definition) is 6. The normalized spacial score (nSPS) is 10.8. The summed E-state index contributed by atoms with van der Waals surface area (Å²) in [6.45, 7) is -0.153. The number of halogens is 1. The van der Waals surface area contributed by atoms with E-state index in [1.54, 1.807) is 37.4 Å². The van der Waals surface area contributed by atoms with Crippen LogP contribution in [0.15, 0.2) is 59.0 Å². The fraction of sp³-hybridized carbons (Fsp3) is 0.100. The van der Waals surface area contributed by atoms with Crippen molar-refractivity contribution in [1.29, 1.82) is 0 Å². The number of nitrogens with zero attached hydrogens (tertiary/aromatic N) is 3. The van der Waals surface area contributed by atoms with Gasteiger partial charge in [0.15, 0.2) is 5.13 Å². The molecule has 0 saturated carbocycles. The summed E-state index contributed by atoms with van der Waals surface area (Å²) in [6, 6.07) is 12.4. The van der Waals surface area contributed by atoms with Crippen LogP contribution < -0.4 is 15.6 Å². The van der Waals surface area contributed by atoms with Crippen molar-refractivity contribution in [3.05, 3.63) is 69.5 Å². The van der Waals surface area contributed by atoms with Crippen molar-refractivity contribution in [3.8, 4) is 17.0 Å². The van der Waals surface area contributed by atoms with Gasteiger partial charge in [-0.1, -0.05) is 23.7 Å². The van der Waals surface area contributed by atoms with Gasteiger partial charge in [-0.25, -0.2) is 9.97 Å². The molecule has 2 aromatic carbocycles. The zero-order chi connectivity index (χ0) is 20.4. The number of benzene rings is 2. The van der Waals surface area contributed by atoms with Gasteiger partial charge in [0.25, 0.3) is 5.56 Å². The minimum atomic E-state index is -0.363. The monoisotopic (exact) mass is 426 g/mol. The molecular weight excluding hydrogens is 412 g/mol. The van der Waals surface area contributed by atoms with Crippen molar-refractivity contribution < 1.29 is 9.53 Å². The van der Waals surface area contributed by atoms with E-state index in [1.807, 2.05) is 17.5 Å². The first-order valence-electron chi connectivity index (χ1n) is 8.58. The van der Waals surface area contributed by atoms with Crippen molar-refractivity contribution >= 4 is 44.9 Å². The molecule has 2 heterocycles. The standard InChI is InChI=1S/C20H15ClN4O3S/c1-28-17-7-6-12(8-14(17)21)16-10-29-20(23-16)24-18(26)9-25-11-22-15-5-3-2-4-13(15)19(25)27/h2-8,10-11H,9H2,1H3,(H,23,24,26). The molecular formula is C20H15ClN4O3S. The molecule has 146 valence electrons. The second-order valence-electron chi connectivity index (χ2n) is 6.13. The Morgan fingerprint density at radius 1 is 1.28 bits per heavy atom. The van der Waals surface area contributed by atoms with Crippen molar-refractivity contribution in [3.63, 3.8) is 0 Å². The van der Waals surface area contributed by atoms with Gasteiger partial charge >= 0.3 is 0 Å². The molecule has 0 fully saturated rings. The molecule has 0 radical (unpaired) electrons. The third-order valence-corrected chi connectivity index (χ3v) is 5.30. The van der Waals surface area contributed by atoms with Gasteiger partial charge in [-0.2, -0.15) is 0 Å². The number of carbonyl (C=O) groups is 1. The number of ether oxygens (including phenoxy) is 1. The van der Waals surface area contributed by atoms with Gasteiger partial charge in [-0.3, -0.25) is 14.2 Å². The van der Waals surface area contributed by atoms with Crippen LogP contribution in [-0.2, 0) is 11.3 Å². The van der Waals surface area contributed by atoms with Gasteiger partial charge in [0, 0.05) is 10.9 Å². The van der Waals surface area contributed by atoms with E-state index in [0.717, 1.165) is 5.56 Å². The molecule has 29 heavy (non-hydrogen) atoms. The second-order valence-corrected chi connectivity index (χ2v) is 7.40. The summed E-state index contributed by atoms with van der Waals surface area (Å²) in [5.74, 6) is 0.214. The first-order valence-corrected chi connectivity index (χ1v) is 9.84. The van der Waals surface area contributed by atoms with Gasteiger partial charge in [-0.05, 0) is 30.3 Å². The van der Waals surface area contributed by atoms with Crippen LogP contribution >= 0.6 is 22.9 Å². The number of fused-ring (bicyclic) bond motifs is 1. The molecule has 0 aliphatic heterocycles. The van der Waals surface area contributed by atoms with Crippen molar-refractivity contribution in [2.75, 3.05) is 12.4 Å². The van der Waals surface area contributed by atoms with Crippen LogP contribution in [0.5, 0.6) is 5.75 Å². The highest BCUT2D eigenvalue weighted by molar-refractivity contribution is 7.14. The fourth-order valence-corrected chi connectivity index (χ4v) is 3.82. The predicted molar refractivity (Wildman–Crippen MR) is 114 cm³/mol. The maximum atomic E-state index is 12.5. The Balaban J connectivity index is 1.49. The quantitative estimate of drug-likeness (QED) is 0.524. The predicted octanol–water partition coefficient (Wildman–Crippen LogP) is 3.82. The van der Waals surface area contributed by atoms with Crippen LogP contribution in [-0.4, -0.2) is 27.6 Å². The first kappa shape index (κ1) is 19.1. The van der Waals surface area contributed by atoms with Gasteiger partial charge < -0.3 is 10.1 Å². The lowest BCUT2D eigenvalue weighted by atomic mass is 10.2. The number of nitrogens with one attached hydrogen (secondary N) is 1. The third-order valence-electron chi connectivity index (χ3n) is 4.24. The number of hydrogen-bond donors (Lipinski definition) is 1. The Morgan fingerprint density at radius 3 is 2.90 bits per heavy atom. The summed E-state index contributed by atoms with van der Waals surface area (Å²) >= 11 is 7.45. The van der Waals surface area contributed by atoms with Gasteiger partial charge in [-0.15, -0.1) is 11.3 Å². The van der Waals surface area contributed by atoms with E-state index >= 15 is 0 Å². The van der Waals surface area contributed by atoms with Crippen LogP contribution in [0.4, 0.5) is 5.13 Å². The highest BCUT2D eigenvalue weighted by atomic mass is 35.5. The molecule has 0 spiro atoms. The average Bonchev–Trinajstić information content (AvgIpc) is 3.18. The average molecular weight is 427 g/mol. The van der Waals surface area contributed by atoms with Crippen LogP contribution in [0.1, 0.15) is 0 Å². The molecule has 0 aliphatic rings. The van der Waals surface area contributed by atoms with Crippen LogP contribution in [0.3, 0.4) is 0 Å². The molecule has 4 aromatic rings. The van der Waals surface area contributed by atoms with E-state index in [4.69, 9.17) is 16.3 Å². The molecule has 0 aliphatic carbocycles. The highest BCUT2D eigenvalue weighted by Crippen LogP contribution is 2.31. The van der Waals surface area contributed by atoms with E-state index in [0.29, 0.717) is 32.5 Å². The lowest BCUT2D eigenvalue weighted by Crippen LogP contribution is -2.27. The Hall–Kier alpha value is -3.23. The lowest BCUT2D eigenvalue weighted by Gasteiger charge is -2.06. The number of methoxy groups -OCH3 is 1. The van der Waals surface area contributed by atoms with Crippen molar-refractivity contribution in [2.24, 2.45) is 0 Å². The van der Waals surface area contributed by atoms with E-state index in [2.05, 4.69) is 15.3 Å². The summed E-state index contributed by atoms with van der Waals surface area (Å²) in [5.41, 5.74) is 1.82. The number of anilines is 1. The summed E-state index contributed by atoms with van der Waals surface area (Å²) in [6.07, 6.45) is 1.37. The molecule has 4 rings (SSSR count). The molecule has 2 aromatic heterocycles. The number of carbonyl (C=O) groups excluding carboxylic acids is 1. The molecule has 0 bridgehead atoms. The SMILES string of the molecule is COc1ccc(-c2csc(NC(=O)Cn3cnc4ccccc4c3=O)n2)cc1Cl. The fourth-order valence-electron chi connectivity index (χ4n) is 2.82. The van der Waals surface area contributed by atoms with Gasteiger partial charge in [0.2, 0.25) is 5.91 Å². The van der Waals surface area contributed by atoms with E-state index in [1.165, 1.54) is 22.2 Å². The van der Waals surface area contributed by atoms with Crippen LogP contribution in [0.25, 0.3) is 22.2 Å². The topological polar surface area (TPSA) is 86.1 Å². The molecule has 9 heteroatoms. The number of amides is 1. The summed E-state index contributed by atoms with van der Waals surface area (Å²) in [4.78, 5) is 33.5. The van der Waals surface area contributed by atoms with Crippen molar-refractivity contribution in [1.82, 2.24) is 14.5 Å². The number of thiazole rings is 1. The van der Waals surface area contributed by atoms with Crippen LogP contribution in [0, 0.1) is 0 Å². The number of rotatable bonds is 5. The maximum Gasteiger partial charge on any atom is 0.261 e. The lowest BCUT2D eigenvalue weighted by molar-refractivity contribution is -0.116. The maximum absolute atomic E-state index is 12.5. The largest absolute Gasteiger partial charge is 0.495 e.